The zero-order valence-corrected chi connectivity index (χ0v) is 12.5. The lowest BCUT2D eigenvalue weighted by atomic mass is 10.2. The van der Waals surface area contributed by atoms with Gasteiger partial charge < -0.3 is 20.5 Å². The van der Waals surface area contributed by atoms with Crippen LogP contribution in [0.1, 0.15) is 17.3 Å². The molecular formula is C14H17N3O6. The van der Waals surface area contributed by atoms with Crippen molar-refractivity contribution in [2.75, 3.05) is 19.8 Å². The van der Waals surface area contributed by atoms with Crippen molar-refractivity contribution in [3.05, 3.63) is 29.8 Å². The standard InChI is InChI=1S/C14H17N3O6/c1-2-22-10-6-4-3-5-9(10)13(20)16-7-12(19)23-8-11(18)17-14(15)21/h3-6H,2,7-8H2,1H3,(H,16,20)(H3,15,17,18,21). The maximum absolute atomic E-state index is 12.0. The molecule has 0 aliphatic carbocycles. The van der Waals surface area contributed by atoms with Crippen molar-refractivity contribution in [1.82, 2.24) is 10.6 Å². The Bertz CT molecular complexity index is 602. The van der Waals surface area contributed by atoms with E-state index in [-0.39, 0.29) is 5.56 Å². The summed E-state index contributed by atoms with van der Waals surface area (Å²) in [6, 6.07) is 5.50. The summed E-state index contributed by atoms with van der Waals surface area (Å²) in [7, 11) is 0. The first kappa shape index (κ1) is 18.0. The Balaban J connectivity index is 2.45. The first-order chi connectivity index (χ1) is 10.9. The van der Waals surface area contributed by atoms with E-state index in [0.717, 1.165) is 0 Å². The van der Waals surface area contributed by atoms with Gasteiger partial charge in [-0.05, 0) is 19.1 Å². The second kappa shape index (κ2) is 9.03. The smallest absolute Gasteiger partial charge is 0.325 e. The van der Waals surface area contributed by atoms with Crippen LogP contribution in [0, 0.1) is 0 Å². The van der Waals surface area contributed by atoms with Crippen molar-refractivity contribution < 1.29 is 28.7 Å². The number of hydrogen-bond acceptors (Lipinski definition) is 6. The van der Waals surface area contributed by atoms with Gasteiger partial charge in [-0.15, -0.1) is 0 Å². The number of para-hydroxylation sites is 1. The third-order valence-corrected chi connectivity index (χ3v) is 2.45. The number of esters is 1. The molecule has 0 atom stereocenters. The van der Waals surface area contributed by atoms with Gasteiger partial charge in [0.25, 0.3) is 11.8 Å². The van der Waals surface area contributed by atoms with Crippen LogP contribution >= 0.6 is 0 Å². The lowest BCUT2D eigenvalue weighted by molar-refractivity contribution is -0.147. The van der Waals surface area contributed by atoms with Gasteiger partial charge in [-0.25, -0.2) is 4.79 Å². The number of hydrogen-bond donors (Lipinski definition) is 3. The lowest BCUT2D eigenvalue weighted by Crippen LogP contribution is -2.39. The zero-order valence-electron chi connectivity index (χ0n) is 12.5. The number of nitrogens with two attached hydrogens (primary N) is 1. The van der Waals surface area contributed by atoms with E-state index in [2.05, 4.69) is 10.1 Å². The van der Waals surface area contributed by atoms with Crippen molar-refractivity contribution >= 4 is 23.8 Å². The van der Waals surface area contributed by atoms with E-state index in [4.69, 9.17) is 10.5 Å². The maximum Gasteiger partial charge on any atom is 0.325 e. The van der Waals surface area contributed by atoms with Crippen LogP contribution in [0.2, 0.25) is 0 Å². The van der Waals surface area contributed by atoms with Gasteiger partial charge >= 0.3 is 12.0 Å². The molecule has 1 aromatic carbocycles. The average molecular weight is 323 g/mol. The summed E-state index contributed by atoms with van der Waals surface area (Å²) in [6.07, 6.45) is 0. The number of primary amides is 1. The summed E-state index contributed by atoms with van der Waals surface area (Å²) < 4.78 is 9.87. The van der Waals surface area contributed by atoms with Gasteiger partial charge in [0.15, 0.2) is 6.61 Å². The van der Waals surface area contributed by atoms with E-state index >= 15 is 0 Å². The highest BCUT2D eigenvalue weighted by Crippen LogP contribution is 2.17. The average Bonchev–Trinajstić information content (AvgIpc) is 2.51. The molecule has 23 heavy (non-hydrogen) atoms. The van der Waals surface area contributed by atoms with Gasteiger partial charge in [0.1, 0.15) is 12.3 Å². The topological polar surface area (TPSA) is 137 Å². The number of urea groups is 1. The molecule has 0 saturated carbocycles. The van der Waals surface area contributed by atoms with Crippen LogP contribution in [-0.4, -0.2) is 43.6 Å². The maximum atomic E-state index is 12.0. The Kier molecular flexibility index (Phi) is 7.05. The molecule has 9 nitrogen and oxygen atoms in total. The molecule has 124 valence electrons. The summed E-state index contributed by atoms with van der Waals surface area (Å²) in [5, 5.41) is 4.07. The van der Waals surface area contributed by atoms with Gasteiger partial charge in [0.2, 0.25) is 0 Å². The minimum absolute atomic E-state index is 0.272. The summed E-state index contributed by atoms with van der Waals surface area (Å²) in [6.45, 7) is 1.06. The highest BCUT2D eigenvalue weighted by molar-refractivity contribution is 5.98. The molecule has 0 radical (unpaired) electrons. The largest absolute Gasteiger partial charge is 0.493 e. The van der Waals surface area contributed by atoms with E-state index < -0.39 is 37.0 Å². The molecule has 1 rings (SSSR count). The molecule has 0 aliphatic rings. The molecule has 0 bridgehead atoms. The minimum atomic E-state index is -1.05. The van der Waals surface area contributed by atoms with Crippen LogP contribution in [0.3, 0.4) is 0 Å². The molecule has 0 aliphatic heterocycles. The van der Waals surface area contributed by atoms with Crippen molar-refractivity contribution in [3.8, 4) is 5.75 Å². The van der Waals surface area contributed by atoms with Crippen LogP contribution in [0.5, 0.6) is 5.75 Å². The highest BCUT2D eigenvalue weighted by Gasteiger charge is 2.14. The Hall–Kier alpha value is -3.10. The van der Waals surface area contributed by atoms with E-state index in [0.29, 0.717) is 12.4 Å². The van der Waals surface area contributed by atoms with E-state index in [9.17, 15) is 19.2 Å². The first-order valence-corrected chi connectivity index (χ1v) is 6.69. The summed E-state index contributed by atoms with van der Waals surface area (Å²) >= 11 is 0. The molecule has 0 fully saturated rings. The SMILES string of the molecule is CCOc1ccccc1C(=O)NCC(=O)OCC(=O)NC(N)=O. The number of carbonyl (C=O) groups excluding carboxylic acids is 4. The Morgan fingerprint density at radius 3 is 2.52 bits per heavy atom. The number of nitrogens with one attached hydrogen (secondary N) is 2. The summed E-state index contributed by atoms with van der Waals surface area (Å²) in [4.78, 5) is 44.8. The van der Waals surface area contributed by atoms with Crippen molar-refractivity contribution in [2.45, 2.75) is 6.92 Å². The van der Waals surface area contributed by atoms with Gasteiger partial charge in [-0.2, -0.15) is 0 Å². The number of ether oxygens (including phenoxy) is 2. The second-order valence-electron chi connectivity index (χ2n) is 4.18. The second-order valence-corrected chi connectivity index (χ2v) is 4.18. The van der Waals surface area contributed by atoms with Crippen LogP contribution in [-0.2, 0) is 14.3 Å². The summed E-state index contributed by atoms with van der Waals surface area (Å²) in [5.74, 6) is -1.83. The zero-order chi connectivity index (χ0) is 17.2. The predicted octanol–water partition coefficient (Wildman–Crippen LogP) is -0.447. The van der Waals surface area contributed by atoms with Gasteiger partial charge in [0, 0.05) is 0 Å². The van der Waals surface area contributed by atoms with Crippen LogP contribution in [0.4, 0.5) is 4.79 Å². The minimum Gasteiger partial charge on any atom is -0.493 e. The third-order valence-electron chi connectivity index (χ3n) is 2.45. The normalized spacial score (nSPS) is 9.61. The Morgan fingerprint density at radius 1 is 1.17 bits per heavy atom. The van der Waals surface area contributed by atoms with Crippen molar-refractivity contribution in [2.24, 2.45) is 5.73 Å². The van der Waals surface area contributed by atoms with Crippen LogP contribution in [0.25, 0.3) is 0 Å². The van der Waals surface area contributed by atoms with Gasteiger partial charge in [-0.1, -0.05) is 12.1 Å². The first-order valence-electron chi connectivity index (χ1n) is 6.69. The Morgan fingerprint density at radius 2 is 1.87 bits per heavy atom. The molecule has 0 spiro atoms. The number of benzene rings is 1. The molecule has 4 amide bonds. The van der Waals surface area contributed by atoms with Gasteiger partial charge in [0.05, 0.1) is 12.2 Å². The number of carbonyl (C=O) groups is 4. The van der Waals surface area contributed by atoms with Crippen LogP contribution < -0.4 is 21.1 Å². The third kappa shape index (κ3) is 6.46. The van der Waals surface area contributed by atoms with E-state index in [1.54, 1.807) is 36.5 Å². The molecule has 9 heteroatoms. The molecule has 0 unspecified atom stereocenters. The fourth-order valence-electron chi connectivity index (χ4n) is 1.55. The van der Waals surface area contributed by atoms with Crippen LogP contribution in [0.15, 0.2) is 24.3 Å². The molecular weight excluding hydrogens is 306 g/mol. The van der Waals surface area contributed by atoms with Crippen molar-refractivity contribution in [1.29, 1.82) is 0 Å². The quantitative estimate of drug-likeness (QED) is 0.581. The molecule has 0 aromatic heterocycles. The molecule has 0 heterocycles. The number of imide groups is 1. The molecule has 0 saturated heterocycles. The molecule has 4 N–H and O–H groups in total. The highest BCUT2D eigenvalue weighted by atomic mass is 16.5. The Labute approximate surface area is 132 Å². The van der Waals surface area contributed by atoms with Gasteiger partial charge in [-0.3, -0.25) is 19.7 Å². The van der Waals surface area contributed by atoms with E-state index in [1.165, 1.54) is 0 Å². The predicted molar refractivity (Wildman–Crippen MR) is 78.6 cm³/mol. The monoisotopic (exact) mass is 323 g/mol. The molecule has 1 aromatic rings. The lowest BCUT2D eigenvalue weighted by Gasteiger charge is -2.10. The van der Waals surface area contributed by atoms with Crippen molar-refractivity contribution in [3.63, 3.8) is 0 Å². The van der Waals surface area contributed by atoms with E-state index in [1.807, 2.05) is 0 Å². The summed E-state index contributed by atoms with van der Waals surface area (Å²) in [5.41, 5.74) is 4.99. The fourth-order valence-corrected chi connectivity index (χ4v) is 1.55. The fraction of sp³-hybridized carbons (Fsp3) is 0.286. The number of amides is 4. The number of rotatable bonds is 7.